The highest BCUT2D eigenvalue weighted by molar-refractivity contribution is 7.89. The van der Waals surface area contributed by atoms with E-state index in [1.54, 1.807) is 24.3 Å². The Balaban J connectivity index is 1.62. The van der Waals surface area contributed by atoms with Crippen LogP contribution in [-0.4, -0.2) is 58.1 Å². The molecule has 2 aromatic rings. The fraction of sp³-hybridized carbons (Fsp3) is 0.316. The van der Waals surface area contributed by atoms with Crippen LogP contribution in [0.4, 0.5) is 4.39 Å². The maximum atomic E-state index is 14.1. The van der Waals surface area contributed by atoms with Crippen molar-refractivity contribution in [2.24, 2.45) is 0 Å². The summed E-state index contributed by atoms with van der Waals surface area (Å²) in [6.45, 7) is 1.28. The fourth-order valence-electron chi connectivity index (χ4n) is 2.73. The van der Waals surface area contributed by atoms with Crippen molar-refractivity contribution < 1.29 is 27.1 Å². The zero-order valence-corrected chi connectivity index (χ0v) is 17.0. The predicted octanol–water partition coefficient (Wildman–Crippen LogP) is 2.31. The van der Waals surface area contributed by atoms with E-state index in [1.165, 1.54) is 4.31 Å². The lowest BCUT2D eigenvalue weighted by atomic mass is 10.2. The molecular formula is C19H20ClFN2O5S. The number of sulfonamides is 1. The number of morpholine rings is 1. The van der Waals surface area contributed by atoms with Gasteiger partial charge in [-0.3, -0.25) is 4.79 Å². The molecule has 0 bridgehead atoms. The Kier molecular flexibility index (Phi) is 7.07. The van der Waals surface area contributed by atoms with Gasteiger partial charge in [-0.1, -0.05) is 11.6 Å². The minimum Gasteiger partial charge on any atom is -0.492 e. The number of carbonyl (C=O) groups is 1. The van der Waals surface area contributed by atoms with Crippen molar-refractivity contribution in [1.29, 1.82) is 0 Å². The van der Waals surface area contributed by atoms with E-state index >= 15 is 0 Å². The van der Waals surface area contributed by atoms with Gasteiger partial charge in [-0.15, -0.1) is 0 Å². The molecule has 156 valence electrons. The lowest BCUT2D eigenvalue weighted by Gasteiger charge is -2.26. The summed E-state index contributed by atoms with van der Waals surface area (Å²) in [5.74, 6) is -0.947. The number of benzene rings is 2. The summed E-state index contributed by atoms with van der Waals surface area (Å²) in [7, 11) is -3.83. The van der Waals surface area contributed by atoms with Gasteiger partial charge in [0.25, 0.3) is 5.91 Å². The van der Waals surface area contributed by atoms with Crippen LogP contribution in [0.2, 0.25) is 5.02 Å². The van der Waals surface area contributed by atoms with Crippen molar-refractivity contribution in [1.82, 2.24) is 9.62 Å². The Bertz CT molecular complexity index is 963. The van der Waals surface area contributed by atoms with Gasteiger partial charge >= 0.3 is 0 Å². The summed E-state index contributed by atoms with van der Waals surface area (Å²) in [6, 6.07) is 9.90. The molecule has 10 heteroatoms. The van der Waals surface area contributed by atoms with E-state index in [0.29, 0.717) is 24.0 Å². The molecule has 0 aliphatic carbocycles. The number of hydrogen-bond acceptors (Lipinski definition) is 5. The minimum atomic E-state index is -3.83. The Morgan fingerprint density at radius 1 is 1.17 bits per heavy atom. The standard InChI is InChI=1S/C19H20ClFN2O5S/c20-14-1-3-15(4-2-14)28-10-7-22-19(24)17-13-16(5-6-18(17)21)29(25,26)23-8-11-27-12-9-23/h1-6,13H,7-12H2,(H,22,24). The second-order valence-corrected chi connectivity index (χ2v) is 8.59. The van der Waals surface area contributed by atoms with Crippen LogP contribution in [0.1, 0.15) is 10.4 Å². The third kappa shape index (κ3) is 5.45. The number of amides is 1. The molecule has 1 amide bonds. The van der Waals surface area contributed by atoms with Crippen LogP contribution < -0.4 is 10.1 Å². The SMILES string of the molecule is O=C(NCCOc1ccc(Cl)cc1)c1cc(S(=O)(=O)N2CCOCC2)ccc1F. The van der Waals surface area contributed by atoms with E-state index in [-0.39, 0.29) is 36.7 Å². The fourth-order valence-corrected chi connectivity index (χ4v) is 4.30. The monoisotopic (exact) mass is 442 g/mol. The van der Waals surface area contributed by atoms with E-state index in [1.807, 2.05) is 0 Å². The van der Waals surface area contributed by atoms with E-state index in [9.17, 15) is 17.6 Å². The molecule has 1 fully saturated rings. The van der Waals surface area contributed by atoms with Crippen molar-refractivity contribution in [2.75, 3.05) is 39.5 Å². The molecule has 0 spiro atoms. The lowest BCUT2D eigenvalue weighted by Crippen LogP contribution is -2.40. The lowest BCUT2D eigenvalue weighted by molar-refractivity contribution is 0.0730. The highest BCUT2D eigenvalue weighted by atomic mass is 35.5. The maximum absolute atomic E-state index is 14.1. The second-order valence-electron chi connectivity index (χ2n) is 6.22. The zero-order valence-electron chi connectivity index (χ0n) is 15.4. The van der Waals surface area contributed by atoms with Gasteiger partial charge in [0.1, 0.15) is 18.2 Å². The largest absolute Gasteiger partial charge is 0.492 e. The smallest absolute Gasteiger partial charge is 0.254 e. The summed E-state index contributed by atoms with van der Waals surface area (Å²) in [5.41, 5.74) is -0.342. The van der Waals surface area contributed by atoms with E-state index in [4.69, 9.17) is 21.1 Å². The topological polar surface area (TPSA) is 84.9 Å². The van der Waals surface area contributed by atoms with Crippen molar-refractivity contribution in [3.05, 3.63) is 58.9 Å². The predicted molar refractivity (Wildman–Crippen MR) is 105 cm³/mol. The van der Waals surface area contributed by atoms with E-state index < -0.39 is 21.7 Å². The number of nitrogens with zero attached hydrogens (tertiary/aromatic N) is 1. The molecule has 1 N–H and O–H groups in total. The molecule has 3 rings (SSSR count). The zero-order chi connectivity index (χ0) is 20.9. The Morgan fingerprint density at radius 2 is 1.86 bits per heavy atom. The molecule has 0 radical (unpaired) electrons. The van der Waals surface area contributed by atoms with Crippen LogP contribution in [0.25, 0.3) is 0 Å². The summed E-state index contributed by atoms with van der Waals surface area (Å²) in [4.78, 5) is 12.2. The summed E-state index contributed by atoms with van der Waals surface area (Å²) in [6.07, 6.45) is 0. The third-order valence-electron chi connectivity index (χ3n) is 4.26. The Hall–Kier alpha value is -2.20. The van der Waals surface area contributed by atoms with Crippen molar-refractivity contribution in [3.63, 3.8) is 0 Å². The van der Waals surface area contributed by atoms with Crippen LogP contribution in [0.3, 0.4) is 0 Å². The van der Waals surface area contributed by atoms with Gasteiger partial charge < -0.3 is 14.8 Å². The van der Waals surface area contributed by atoms with Crippen LogP contribution >= 0.6 is 11.6 Å². The summed E-state index contributed by atoms with van der Waals surface area (Å²) in [5, 5.41) is 3.10. The first-order valence-electron chi connectivity index (χ1n) is 8.92. The number of ether oxygens (including phenoxy) is 2. The normalized spacial score (nSPS) is 15.1. The Morgan fingerprint density at radius 3 is 2.55 bits per heavy atom. The molecule has 0 unspecified atom stereocenters. The highest BCUT2D eigenvalue weighted by Crippen LogP contribution is 2.20. The first kappa shape index (κ1) is 21.5. The van der Waals surface area contributed by atoms with Crippen LogP contribution in [-0.2, 0) is 14.8 Å². The van der Waals surface area contributed by atoms with Crippen molar-refractivity contribution in [2.45, 2.75) is 4.90 Å². The van der Waals surface area contributed by atoms with Gasteiger partial charge in [0.15, 0.2) is 0 Å². The second kappa shape index (κ2) is 9.53. The number of carbonyl (C=O) groups excluding carboxylic acids is 1. The molecule has 1 heterocycles. The number of nitrogens with one attached hydrogen (secondary N) is 1. The van der Waals surface area contributed by atoms with Gasteiger partial charge in [-0.2, -0.15) is 4.31 Å². The molecule has 2 aromatic carbocycles. The molecule has 29 heavy (non-hydrogen) atoms. The van der Waals surface area contributed by atoms with Gasteiger partial charge in [0.2, 0.25) is 10.0 Å². The average Bonchev–Trinajstić information content (AvgIpc) is 2.73. The van der Waals surface area contributed by atoms with Crippen LogP contribution in [0.15, 0.2) is 47.4 Å². The van der Waals surface area contributed by atoms with Crippen molar-refractivity contribution in [3.8, 4) is 5.75 Å². The third-order valence-corrected chi connectivity index (χ3v) is 6.41. The maximum Gasteiger partial charge on any atom is 0.254 e. The van der Waals surface area contributed by atoms with Gasteiger partial charge in [0.05, 0.1) is 30.2 Å². The summed E-state index contributed by atoms with van der Waals surface area (Å²) >= 11 is 5.79. The highest BCUT2D eigenvalue weighted by Gasteiger charge is 2.27. The molecule has 0 aromatic heterocycles. The van der Waals surface area contributed by atoms with Crippen molar-refractivity contribution >= 4 is 27.5 Å². The first-order valence-corrected chi connectivity index (χ1v) is 10.7. The quantitative estimate of drug-likeness (QED) is 0.665. The average molecular weight is 443 g/mol. The number of halogens is 2. The van der Waals surface area contributed by atoms with Gasteiger partial charge in [-0.05, 0) is 42.5 Å². The number of rotatable bonds is 7. The van der Waals surface area contributed by atoms with Crippen LogP contribution in [0.5, 0.6) is 5.75 Å². The minimum absolute atomic E-state index is 0.112. The first-order chi connectivity index (χ1) is 13.9. The Labute approximate surface area is 173 Å². The number of hydrogen-bond donors (Lipinski definition) is 1. The summed E-state index contributed by atoms with van der Waals surface area (Å²) < 4.78 is 51.4. The molecule has 1 aliphatic rings. The van der Waals surface area contributed by atoms with E-state index in [2.05, 4.69) is 5.32 Å². The molecule has 0 saturated carbocycles. The van der Waals surface area contributed by atoms with Crippen LogP contribution in [0, 0.1) is 5.82 Å². The van der Waals surface area contributed by atoms with Gasteiger partial charge in [0, 0.05) is 18.1 Å². The van der Waals surface area contributed by atoms with E-state index in [0.717, 1.165) is 18.2 Å². The molecule has 1 saturated heterocycles. The molecule has 1 aliphatic heterocycles. The van der Waals surface area contributed by atoms with Gasteiger partial charge in [-0.25, -0.2) is 12.8 Å². The molecule has 7 nitrogen and oxygen atoms in total. The molecular weight excluding hydrogens is 423 g/mol. The molecule has 0 atom stereocenters.